The minimum absolute atomic E-state index is 0.160. The number of amides is 4. The molecule has 16 nitrogen and oxygen atoms in total. The van der Waals surface area contributed by atoms with Gasteiger partial charge in [0.1, 0.15) is 22.9 Å². The molecule has 7 rings (SSSR count). The lowest BCUT2D eigenvalue weighted by Gasteiger charge is -2.35. The summed E-state index contributed by atoms with van der Waals surface area (Å²) < 4.78 is 11.0. The van der Waals surface area contributed by atoms with Gasteiger partial charge in [0.15, 0.2) is 0 Å². The maximum absolute atomic E-state index is 13.0. The zero-order valence-electron chi connectivity index (χ0n) is 35.4. The van der Waals surface area contributed by atoms with E-state index >= 15 is 0 Å². The van der Waals surface area contributed by atoms with Gasteiger partial charge in [-0.2, -0.15) is 0 Å². The third kappa shape index (κ3) is 10.8. The first kappa shape index (κ1) is 42.1. The van der Waals surface area contributed by atoms with Gasteiger partial charge in [0.2, 0.25) is 0 Å². The van der Waals surface area contributed by atoms with Crippen molar-refractivity contribution in [2.75, 3.05) is 78.5 Å². The zero-order chi connectivity index (χ0) is 42.6. The minimum Gasteiger partial charge on any atom is -0.444 e. The molecule has 0 spiro atoms. The van der Waals surface area contributed by atoms with Crippen LogP contribution in [0.25, 0.3) is 44.8 Å². The molecule has 0 radical (unpaired) electrons. The molecule has 60 heavy (non-hydrogen) atoms. The molecule has 2 aliphatic rings. The van der Waals surface area contributed by atoms with Gasteiger partial charge in [-0.3, -0.25) is 19.4 Å². The Hall–Kier alpha value is -6.00. The van der Waals surface area contributed by atoms with Gasteiger partial charge in [0.05, 0.1) is 22.1 Å². The van der Waals surface area contributed by atoms with Crippen LogP contribution in [0, 0.1) is 0 Å². The van der Waals surface area contributed by atoms with Gasteiger partial charge in [-0.05, 0) is 77.9 Å². The molecule has 0 bridgehead atoms. The maximum Gasteiger partial charge on any atom is 0.410 e. The standard InChI is InChI=1S/C44H56N10O6/c1-43(2,3)59-41(57)53-23-19-51(20-24-53)17-15-45-39(55)31-11-13-33-35(27-31)49-37(47-33)29-7-9-30(10-8-29)38-48-34-14-12-32(28-36(34)50-38)40(56)46-16-18-52-21-25-54(26-22-52)42(58)60-44(4,5)6/h7-14,27-28H,15-26H2,1-6H3,(H,45,55)(H,46,56)(H,47,49)(H,48,50). The van der Waals surface area contributed by atoms with Crippen LogP contribution < -0.4 is 10.6 Å². The fourth-order valence-corrected chi connectivity index (χ4v) is 7.18. The highest BCUT2D eigenvalue weighted by molar-refractivity contribution is 5.98. The number of nitrogens with zero attached hydrogens (tertiary/aromatic N) is 6. The van der Waals surface area contributed by atoms with Crippen molar-refractivity contribution in [1.29, 1.82) is 0 Å². The predicted molar refractivity (Wildman–Crippen MR) is 230 cm³/mol. The largest absolute Gasteiger partial charge is 0.444 e. The van der Waals surface area contributed by atoms with Crippen molar-refractivity contribution in [3.63, 3.8) is 0 Å². The van der Waals surface area contributed by atoms with Gasteiger partial charge in [-0.15, -0.1) is 0 Å². The highest BCUT2D eigenvalue weighted by Crippen LogP contribution is 2.26. The third-order valence-corrected chi connectivity index (χ3v) is 10.4. The Morgan fingerprint density at radius 1 is 0.567 bits per heavy atom. The number of imidazole rings is 2. The van der Waals surface area contributed by atoms with E-state index in [1.54, 1.807) is 21.9 Å². The Morgan fingerprint density at radius 2 is 0.933 bits per heavy atom. The molecule has 16 heteroatoms. The van der Waals surface area contributed by atoms with Gasteiger partial charge >= 0.3 is 12.2 Å². The van der Waals surface area contributed by atoms with Crippen molar-refractivity contribution in [2.45, 2.75) is 52.7 Å². The van der Waals surface area contributed by atoms with E-state index < -0.39 is 11.2 Å². The molecule has 2 fully saturated rings. The number of ether oxygens (including phenoxy) is 2. The van der Waals surface area contributed by atoms with E-state index in [4.69, 9.17) is 19.4 Å². The lowest BCUT2D eigenvalue weighted by Crippen LogP contribution is -2.51. The second-order valence-corrected chi connectivity index (χ2v) is 17.3. The number of rotatable bonds is 10. The SMILES string of the molecule is CC(C)(C)OC(=O)N1CCN(CCNC(=O)c2ccc3nc(-c4ccc(-c5nc6ccc(C(=O)NCCN7CCN(C(=O)OC(C)(C)C)CC7)cc6[nH]5)cc4)[nH]c3c2)CC1. The normalized spacial score (nSPS) is 15.6. The number of carbonyl (C=O) groups excluding carboxylic acids is 4. The van der Waals surface area contributed by atoms with E-state index in [-0.39, 0.29) is 24.0 Å². The number of fused-ring (bicyclic) bond motifs is 2. The molecule has 4 N–H and O–H groups in total. The summed E-state index contributed by atoms with van der Waals surface area (Å²) in [7, 11) is 0. The van der Waals surface area contributed by atoms with Crippen LogP contribution in [0.1, 0.15) is 62.3 Å². The van der Waals surface area contributed by atoms with Crippen LogP contribution >= 0.6 is 0 Å². The summed E-state index contributed by atoms with van der Waals surface area (Å²) in [5.74, 6) is 1.05. The number of carbonyl (C=O) groups is 4. The highest BCUT2D eigenvalue weighted by atomic mass is 16.6. The molecule has 5 aromatic rings. The zero-order valence-corrected chi connectivity index (χ0v) is 35.4. The lowest BCUT2D eigenvalue weighted by molar-refractivity contribution is 0.0137. The van der Waals surface area contributed by atoms with Crippen LogP contribution in [0.3, 0.4) is 0 Å². The van der Waals surface area contributed by atoms with E-state index in [1.165, 1.54) is 0 Å². The van der Waals surface area contributed by atoms with E-state index in [9.17, 15) is 19.2 Å². The van der Waals surface area contributed by atoms with Gasteiger partial charge < -0.3 is 39.9 Å². The van der Waals surface area contributed by atoms with Crippen LogP contribution in [0.2, 0.25) is 0 Å². The molecule has 318 valence electrons. The number of hydrogen-bond acceptors (Lipinski definition) is 10. The molecule has 2 saturated heterocycles. The quantitative estimate of drug-likeness (QED) is 0.144. The van der Waals surface area contributed by atoms with Crippen LogP contribution in [0.15, 0.2) is 60.7 Å². The molecule has 0 unspecified atom stereocenters. The van der Waals surface area contributed by atoms with Crippen molar-refractivity contribution in [1.82, 2.24) is 50.2 Å². The first-order valence-corrected chi connectivity index (χ1v) is 20.6. The molecule has 2 aliphatic heterocycles. The van der Waals surface area contributed by atoms with Crippen LogP contribution in [0.5, 0.6) is 0 Å². The number of benzene rings is 3. The Kier molecular flexibility index (Phi) is 12.4. The highest BCUT2D eigenvalue weighted by Gasteiger charge is 2.27. The van der Waals surface area contributed by atoms with Crippen molar-refractivity contribution in [3.8, 4) is 22.8 Å². The van der Waals surface area contributed by atoms with Gasteiger partial charge in [0, 0.05) is 101 Å². The third-order valence-electron chi connectivity index (χ3n) is 10.4. The fraction of sp³-hybridized carbons (Fsp3) is 0.455. The molecule has 4 amide bonds. The second-order valence-electron chi connectivity index (χ2n) is 17.3. The fourth-order valence-electron chi connectivity index (χ4n) is 7.18. The number of aromatic amines is 2. The molecule has 0 aliphatic carbocycles. The van der Waals surface area contributed by atoms with Crippen molar-refractivity contribution in [3.05, 3.63) is 71.8 Å². The lowest BCUT2D eigenvalue weighted by atomic mass is 10.1. The Labute approximate surface area is 350 Å². The number of aromatic nitrogens is 4. The summed E-state index contributed by atoms with van der Waals surface area (Å²) in [4.78, 5) is 75.0. The Balaban J connectivity index is 0.878. The summed E-state index contributed by atoms with van der Waals surface area (Å²) in [6.07, 6.45) is -0.573. The first-order valence-electron chi connectivity index (χ1n) is 20.6. The Bertz CT molecular complexity index is 2160. The van der Waals surface area contributed by atoms with Gasteiger partial charge in [-0.25, -0.2) is 19.6 Å². The molecule has 3 aromatic carbocycles. The summed E-state index contributed by atoms with van der Waals surface area (Å²) >= 11 is 0. The summed E-state index contributed by atoms with van der Waals surface area (Å²) in [5, 5.41) is 6.04. The molecule has 2 aromatic heterocycles. The number of H-pyrrole nitrogens is 2. The molecule has 0 atom stereocenters. The van der Waals surface area contributed by atoms with E-state index in [2.05, 4.69) is 30.4 Å². The van der Waals surface area contributed by atoms with E-state index in [0.717, 1.165) is 59.4 Å². The van der Waals surface area contributed by atoms with Gasteiger partial charge in [-0.1, -0.05) is 24.3 Å². The predicted octanol–water partition coefficient (Wildman–Crippen LogP) is 5.34. The smallest absolute Gasteiger partial charge is 0.410 e. The Morgan fingerprint density at radius 3 is 1.28 bits per heavy atom. The maximum atomic E-state index is 13.0. The molecule has 0 saturated carbocycles. The average molecular weight is 821 g/mol. The van der Waals surface area contributed by atoms with E-state index in [1.807, 2.05) is 90.1 Å². The first-order chi connectivity index (χ1) is 28.6. The molecular weight excluding hydrogens is 765 g/mol. The number of nitrogens with one attached hydrogen (secondary N) is 4. The van der Waals surface area contributed by atoms with E-state index in [0.29, 0.717) is 75.1 Å². The van der Waals surface area contributed by atoms with Crippen LogP contribution in [0.4, 0.5) is 9.59 Å². The van der Waals surface area contributed by atoms with Crippen LogP contribution in [-0.2, 0) is 9.47 Å². The number of hydrogen-bond donors (Lipinski definition) is 4. The second kappa shape index (κ2) is 17.7. The average Bonchev–Trinajstić information content (AvgIpc) is 3.84. The molecular formula is C44H56N10O6. The summed E-state index contributed by atoms with van der Waals surface area (Å²) in [5.41, 5.74) is 4.84. The monoisotopic (exact) mass is 820 g/mol. The summed E-state index contributed by atoms with van der Waals surface area (Å²) in [6, 6.07) is 18.7. The van der Waals surface area contributed by atoms with Crippen LogP contribution in [-0.4, -0.2) is 153 Å². The minimum atomic E-state index is -0.520. The topological polar surface area (TPSA) is 181 Å². The van der Waals surface area contributed by atoms with Crippen molar-refractivity contribution < 1.29 is 28.7 Å². The van der Waals surface area contributed by atoms with Gasteiger partial charge in [0.25, 0.3) is 11.8 Å². The summed E-state index contributed by atoms with van der Waals surface area (Å²) in [6.45, 7) is 18.8. The number of piperazine rings is 2. The van der Waals surface area contributed by atoms with Crippen molar-refractivity contribution in [2.24, 2.45) is 0 Å². The molecule has 4 heterocycles. The van der Waals surface area contributed by atoms with Crippen molar-refractivity contribution >= 4 is 46.1 Å².